The molecule has 0 atom stereocenters. The minimum Gasteiger partial charge on any atom is -0.496 e. The van der Waals surface area contributed by atoms with E-state index in [0.717, 1.165) is 29.8 Å². The monoisotopic (exact) mass is 299 g/mol. The number of ether oxygens (including phenoxy) is 1. The summed E-state index contributed by atoms with van der Waals surface area (Å²) in [6.45, 7) is 1.55. The van der Waals surface area contributed by atoms with Gasteiger partial charge in [0, 0.05) is 18.9 Å². The lowest BCUT2D eigenvalue weighted by Gasteiger charge is -2.09. The van der Waals surface area contributed by atoms with Crippen molar-refractivity contribution < 1.29 is 9.53 Å². The third-order valence-electron chi connectivity index (χ3n) is 3.29. The molecule has 2 N–H and O–H groups in total. The van der Waals surface area contributed by atoms with E-state index >= 15 is 0 Å². The summed E-state index contributed by atoms with van der Waals surface area (Å²) >= 11 is 0. The predicted molar refractivity (Wildman–Crippen MR) is 85.7 cm³/mol. The molecule has 22 heavy (non-hydrogen) atoms. The number of amides is 1. The molecular weight excluding hydrogens is 278 g/mol. The first kappa shape index (κ1) is 16.0. The molecule has 0 aliphatic heterocycles. The topological polar surface area (TPSA) is 63.2 Å². The van der Waals surface area contributed by atoms with Gasteiger partial charge in [-0.1, -0.05) is 18.2 Å². The number of pyridine rings is 1. The molecule has 0 fully saturated rings. The van der Waals surface area contributed by atoms with Gasteiger partial charge < -0.3 is 15.4 Å². The Bertz CT molecular complexity index is 587. The average molecular weight is 299 g/mol. The van der Waals surface area contributed by atoms with Gasteiger partial charge in [-0.3, -0.25) is 9.78 Å². The lowest BCUT2D eigenvalue weighted by atomic mass is 10.1. The Balaban J connectivity index is 1.65. The molecular formula is C17H21N3O2. The van der Waals surface area contributed by atoms with Gasteiger partial charge in [-0.05, 0) is 42.3 Å². The molecule has 0 aliphatic rings. The van der Waals surface area contributed by atoms with Gasteiger partial charge in [0.15, 0.2) is 0 Å². The Kier molecular flexibility index (Phi) is 6.39. The second-order valence-electron chi connectivity index (χ2n) is 4.87. The van der Waals surface area contributed by atoms with Crippen molar-refractivity contribution in [3.8, 4) is 5.75 Å². The number of rotatable bonds is 8. The van der Waals surface area contributed by atoms with Crippen LogP contribution in [0.5, 0.6) is 5.75 Å². The van der Waals surface area contributed by atoms with Gasteiger partial charge in [-0.25, -0.2) is 0 Å². The highest BCUT2D eigenvalue weighted by atomic mass is 16.5. The first-order chi connectivity index (χ1) is 10.8. The number of carbonyl (C=O) groups excluding carboxylic acids is 1. The molecule has 0 unspecified atom stereocenters. The third kappa shape index (κ3) is 5.18. The second-order valence-corrected chi connectivity index (χ2v) is 4.87. The van der Waals surface area contributed by atoms with Crippen LogP contribution in [0.2, 0.25) is 0 Å². The summed E-state index contributed by atoms with van der Waals surface area (Å²) in [6.07, 6.45) is 4.25. The molecule has 0 saturated heterocycles. The molecule has 116 valence electrons. The van der Waals surface area contributed by atoms with Crippen molar-refractivity contribution in [1.29, 1.82) is 0 Å². The number of carbonyl (C=O) groups is 1. The molecule has 0 bridgehead atoms. The number of benzene rings is 1. The Morgan fingerprint density at radius 1 is 1.18 bits per heavy atom. The first-order valence-electron chi connectivity index (χ1n) is 7.28. The Labute approximate surface area is 130 Å². The minimum atomic E-state index is -0.0168. The van der Waals surface area contributed by atoms with Crippen LogP contribution in [0.4, 0.5) is 0 Å². The summed E-state index contributed by atoms with van der Waals surface area (Å²) < 4.78 is 5.30. The smallest absolute Gasteiger partial charge is 0.234 e. The third-order valence-corrected chi connectivity index (χ3v) is 3.29. The number of para-hydroxylation sites is 1. The van der Waals surface area contributed by atoms with E-state index in [1.54, 1.807) is 19.5 Å². The van der Waals surface area contributed by atoms with E-state index in [1.165, 1.54) is 0 Å². The number of hydrogen-bond donors (Lipinski definition) is 2. The molecule has 2 rings (SSSR count). The van der Waals surface area contributed by atoms with Gasteiger partial charge in [0.25, 0.3) is 0 Å². The molecule has 1 amide bonds. The van der Waals surface area contributed by atoms with Crippen molar-refractivity contribution in [1.82, 2.24) is 15.6 Å². The Morgan fingerprint density at radius 2 is 1.95 bits per heavy atom. The number of aromatic nitrogens is 1. The molecule has 0 aliphatic carbocycles. The van der Waals surface area contributed by atoms with E-state index in [9.17, 15) is 4.79 Å². The van der Waals surface area contributed by atoms with E-state index in [4.69, 9.17) is 4.74 Å². The zero-order chi connectivity index (χ0) is 15.6. The first-order valence-corrected chi connectivity index (χ1v) is 7.28. The van der Waals surface area contributed by atoms with E-state index in [2.05, 4.69) is 15.6 Å². The molecule has 1 aromatic carbocycles. The molecule has 0 saturated carbocycles. The summed E-state index contributed by atoms with van der Waals surface area (Å²) in [7, 11) is 1.67. The molecule has 0 radical (unpaired) electrons. The largest absolute Gasteiger partial charge is 0.496 e. The second kappa shape index (κ2) is 8.79. The van der Waals surface area contributed by atoms with Crippen LogP contribution >= 0.6 is 0 Å². The van der Waals surface area contributed by atoms with Crippen molar-refractivity contribution in [2.24, 2.45) is 0 Å². The van der Waals surface area contributed by atoms with Crippen LogP contribution in [-0.4, -0.2) is 31.1 Å². The zero-order valence-electron chi connectivity index (χ0n) is 12.7. The number of nitrogens with one attached hydrogen (secondary N) is 2. The number of methoxy groups -OCH3 is 1. The summed E-state index contributed by atoms with van der Waals surface area (Å²) in [5, 5.41) is 6.01. The van der Waals surface area contributed by atoms with Crippen LogP contribution in [-0.2, 0) is 17.8 Å². The minimum absolute atomic E-state index is 0.0168. The van der Waals surface area contributed by atoms with Gasteiger partial charge in [0.1, 0.15) is 5.75 Å². The van der Waals surface area contributed by atoms with E-state index in [0.29, 0.717) is 13.1 Å². The fourth-order valence-electron chi connectivity index (χ4n) is 2.10. The zero-order valence-corrected chi connectivity index (χ0v) is 12.7. The maximum absolute atomic E-state index is 11.7. The van der Waals surface area contributed by atoms with Crippen LogP contribution in [0.25, 0.3) is 0 Å². The summed E-state index contributed by atoms with van der Waals surface area (Å²) in [4.78, 5) is 15.7. The van der Waals surface area contributed by atoms with Gasteiger partial charge in [0.05, 0.1) is 13.7 Å². The summed E-state index contributed by atoms with van der Waals surface area (Å²) in [5.74, 6) is 0.864. The van der Waals surface area contributed by atoms with Crippen molar-refractivity contribution in [3.63, 3.8) is 0 Å². The van der Waals surface area contributed by atoms with Crippen molar-refractivity contribution in [2.75, 3.05) is 20.2 Å². The average Bonchev–Trinajstić information content (AvgIpc) is 2.58. The number of nitrogens with zero attached hydrogens (tertiary/aromatic N) is 1. The lowest BCUT2D eigenvalue weighted by Crippen LogP contribution is -2.34. The Hall–Kier alpha value is -2.40. The molecule has 1 aromatic heterocycles. The van der Waals surface area contributed by atoms with Gasteiger partial charge in [-0.15, -0.1) is 0 Å². The lowest BCUT2D eigenvalue weighted by molar-refractivity contribution is -0.120. The normalized spacial score (nSPS) is 10.2. The van der Waals surface area contributed by atoms with Gasteiger partial charge in [-0.2, -0.15) is 0 Å². The quantitative estimate of drug-likeness (QED) is 0.726. The fourth-order valence-corrected chi connectivity index (χ4v) is 2.10. The molecule has 5 nitrogen and oxygen atoms in total. The predicted octanol–water partition coefficient (Wildman–Crippen LogP) is 1.54. The number of hydrogen-bond acceptors (Lipinski definition) is 4. The van der Waals surface area contributed by atoms with Crippen LogP contribution in [0.15, 0.2) is 48.8 Å². The molecule has 5 heteroatoms. The maximum atomic E-state index is 11.7. The summed E-state index contributed by atoms with van der Waals surface area (Å²) in [6, 6.07) is 11.7. The SMILES string of the molecule is COc1ccccc1CCNCC(=O)NCc1ccncc1. The summed E-state index contributed by atoms with van der Waals surface area (Å²) in [5.41, 5.74) is 2.17. The Morgan fingerprint density at radius 3 is 2.73 bits per heavy atom. The molecule has 0 spiro atoms. The van der Waals surface area contributed by atoms with E-state index < -0.39 is 0 Å². The fraction of sp³-hybridized carbons (Fsp3) is 0.294. The van der Waals surface area contributed by atoms with Crippen LogP contribution in [0.3, 0.4) is 0 Å². The van der Waals surface area contributed by atoms with Crippen molar-refractivity contribution in [2.45, 2.75) is 13.0 Å². The van der Waals surface area contributed by atoms with Gasteiger partial charge >= 0.3 is 0 Å². The van der Waals surface area contributed by atoms with Crippen LogP contribution in [0, 0.1) is 0 Å². The van der Waals surface area contributed by atoms with Crippen LogP contribution < -0.4 is 15.4 Å². The highest BCUT2D eigenvalue weighted by Gasteiger charge is 2.03. The highest BCUT2D eigenvalue weighted by Crippen LogP contribution is 2.17. The molecule has 1 heterocycles. The van der Waals surface area contributed by atoms with Crippen LogP contribution in [0.1, 0.15) is 11.1 Å². The molecule has 2 aromatic rings. The van der Waals surface area contributed by atoms with E-state index in [1.807, 2.05) is 36.4 Å². The van der Waals surface area contributed by atoms with Crippen molar-refractivity contribution >= 4 is 5.91 Å². The maximum Gasteiger partial charge on any atom is 0.234 e. The highest BCUT2D eigenvalue weighted by molar-refractivity contribution is 5.77. The standard InChI is InChI=1S/C17H21N3O2/c1-22-16-5-3-2-4-15(16)8-11-19-13-17(21)20-12-14-6-9-18-10-7-14/h2-7,9-10,19H,8,11-13H2,1H3,(H,20,21). The van der Waals surface area contributed by atoms with Gasteiger partial charge in [0.2, 0.25) is 5.91 Å². The van der Waals surface area contributed by atoms with Crippen molar-refractivity contribution in [3.05, 3.63) is 59.9 Å². The van der Waals surface area contributed by atoms with E-state index in [-0.39, 0.29) is 5.91 Å².